The van der Waals surface area contributed by atoms with Crippen molar-refractivity contribution in [3.8, 4) is 0 Å². The van der Waals surface area contributed by atoms with Gasteiger partial charge in [-0.3, -0.25) is 4.98 Å². The third-order valence-corrected chi connectivity index (χ3v) is 4.57. The number of aliphatic hydroxyl groups is 1. The van der Waals surface area contributed by atoms with E-state index >= 15 is 0 Å². The minimum atomic E-state index is -0.672. The van der Waals surface area contributed by atoms with Crippen LogP contribution in [0.1, 0.15) is 32.8 Å². The van der Waals surface area contributed by atoms with E-state index in [1.54, 1.807) is 19.3 Å². The summed E-state index contributed by atoms with van der Waals surface area (Å²) in [5.41, 5.74) is 7.75. The maximum absolute atomic E-state index is 9.75. The predicted octanol–water partition coefficient (Wildman–Crippen LogP) is 3.19. The minimum absolute atomic E-state index is 0.0209. The van der Waals surface area contributed by atoms with Crippen molar-refractivity contribution in [3.05, 3.63) is 47.3 Å². The minimum Gasteiger partial charge on any atom is -0.462 e. The predicted molar refractivity (Wildman–Crippen MR) is 97.8 cm³/mol. The summed E-state index contributed by atoms with van der Waals surface area (Å²) in [6, 6.07) is 2.01. The molecular formula is C18H24ClN3O2. The fraction of sp³-hybridized carbons (Fsp3) is 0.444. The summed E-state index contributed by atoms with van der Waals surface area (Å²) in [6.07, 6.45) is 5.43. The number of nitrogens with zero attached hydrogens (tertiary/aromatic N) is 2. The zero-order valence-corrected chi connectivity index (χ0v) is 15.0. The molecule has 2 rings (SSSR count). The Morgan fingerprint density at radius 3 is 2.79 bits per heavy atom. The first-order valence-corrected chi connectivity index (χ1v) is 8.27. The van der Waals surface area contributed by atoms with E-state index in [2.05, 4.69) is 16.6 Å². The van der Waals surface area contributed by atoms with Crippen molar-refractivity contribution in [1.29, 1.82) is 0 Å². The van der Waals surface area contributed by atoms with Gasteiger partial charge in [-0.1, -0.05) is 31.2 Å². The SMILES string of the molecule is C=C(/C=C(\C)c1cncc(Cl)c1)[C@@]1([C@@H](C)C[C@@H](C)O)COC(N)=N1. The topological polar surface area (TPSA) is 80.7 Å². The van der Waals surface area contributed by atoms with E-state index in [9.17, 15) is 5.11 Å². The second-order valence-electron chi connectivity index (χ2n) is 6.39. The van der Waals surface area contributed by atoms with Gasteiger partial charge in [0, 0.05) is 12.4 Å². The van der Waals surface area contributed by atoms with Crippen LogP contribution in [-0.4, -0.2) is 34.4 Å². The highest BCUT2D eigenvalue weighted by Crippen LogP contribution is 2.38. The number of amidine groups is 1. The monoisotopic (exact) mass is 349 g/mol. The first-order valence-electron chi connectivity index (χ1n) is 7.89. The van der Waals surface area contributed by atoms with E-state index in [0.717, 1.165) is 16.7 Å². The largest absolute Gasteiger partial charge is 0.462 e. The highest BCUT2D eigenvalue weighted by Gasteiger charge is 2.43. The fourth-order valence-corrected chi connectivity index (χ4v) is 3.16. The number of halogens is 1. The lowest BCUT2D eigenvalue weighted by Gasteiger charge is -2.32. The highest BCUT2D eigenvalue weighted by molar-refractivity contribution is 6.30. The van der Waals surface area contributed by atoms with E-state index in [4.69, 9.17) is 22.1 Å². The maximum Gasteiger partial charge on any atom is 0.283 e. The molecule has 2 heterocycles. The van der Waals surface area contributed by atoms with Crippen LogP contribution in [0.5, 0.6) is 0 Å². The lowest BCUT2D eigenvalue weighted by Crippen LogP contribution is -2.39. The van der Waals surface area contributed by atoms with Gasteiger partial charge >= 0.3 is 0 Å². The summed E-state index contributed by atoms with van der Waals surface area (Å²) in [4.78, 5) is 8.62. The molecule has 3 N–H and O–H groups in total. The summed E-state index contributed by atoms with van der Waals surface area (Å²) >= 11 is 6.01. The summed E-state index contributed by atoms with van der Waals surface area (Å²) in [7, 11) is 0. The molecule has 0 aliphatic carbocycles. The molecule has 24 heavy (non-hydrogen) atoms. The zero-order valence-electron chi connectivity index (χ0n) is 14.3. The fourth-order valence-electron chi connectivity index (χ4n) is 2.98. The number of allylic oxidation sites excluding steroid dienone is 1. The maximum atomic E-state index is 9.75. The number of pyridine rings is 1. The summed E-state index contributed by atoms with van der Waals surface area (Å²) in [5, 5.41) is 10.3. The van der Waals surface area contributed by atoms with Gasteiger partial charge in [0.2, 0.25) is 0 Å². The number of hydrogen-bond acceptors (Lipinski definition) is 5. The van der Waals surface area contributed by atoms with Gasteiger partial charge in [-0.2, -0.15) is 0 Å². The van der Waals surface area contributed by atoms with Gasteiger partial charge < -0.3 is 15.6 Å². The van der Waals surface area contributed by atoms with Gasteiger partial charge in [-0.15, -0.1) is 0 Å². The van der Waals surface area contributed by atoms with Crippen LogP contribution in [0.4, 0.5) is 0 Å². The Kier molecular flexibility index (Phi) is 5.67. The van der Waals surface area contributed by atoms with Crippen LogP contribution >= 0.6 is 11.6 Å². The molecule has 0 saturated heterocycles. The van der Waals surface area contributed by atoms with Crippen molar-refractivity contribution in [2.24, 2.45) is 16.6 Å². The number of rotatable bonds is 6. The van der Waals surface area contributed by atoms with Crippen molar-refractivity contribution in [1.82, 2.24) is 4.98 Å². The first-order chi connectivity index (χ1) is 11.2. The van der Waals surface area contributed by atoms with E-state index in [-0.39, 0.29) is 11.9 Å². The van der Waals surface area contributed by atoms with E-state index in [1.807, 2.05) is 26.0 Å². The molecule has 0 spiro atoms. The summed E-state index contributed by atoms with van der Waals surface area (Å²) in [5.74, 6) is 0.0209. The Morgan fingerprint density at radius 2 is 2.25 bits per heavy atom. The number of aliphatic hydroxyl groups excluding tert-OH is 1. The van der Waals surface area contributed by atoms with Gasteiger partial charge in [-0.05, 0) is 49.0 Å². The molecule has 1 aliphatic rings. The molecular weight excluding hydrogens is 326 g/mol. The average Bonchev–Trinajstić information content (AvgIpc) is 2.90. The average molecular weight is 350 g/mol. The molecule has 0 radical (unpaired) electrons. The molecule has 1 aromatic rings. The number of ether oxygens (including phenoxy) is 1. The van der Waals surface area contributed by atoms with Crippen molar-refractivity contribution < 1.29 is 9.84 Å². The molecule has 1 aromatic heterocycles. The molecule has 0 saturated carbocycles. The number of hydrogen-bond donors (Lipinski definition) is 2. The quantitative estimate of drug-likeness (QED) is 0.773. The van der Waals surface area contributed by atoms with Crippen LogP contribution in [0.3, 0.4) is 0 Å². The Hall–Kier alpha value is -1.85. The van der Waals surface area contributed by atoms with Crippen LogP contribution in [0.25, 0.3) is 5.57 Å². The van der Waals surface area contributed by atoms with Crippen LogP contribution in [0, 0.1) is 5.92 Å². The zero-order chi connectivity index (χ0) is 17.9. The molecule has 6 heteroatoms. The van der Waals surface area contributed by atoms with E-state index < -0.39 is 11.6 Å². The smallest absolute Gasteiger partial charge is 0.283 e. The summed E-state index contributed by atoms with van der Waals surface area (Å²) in [6.45, 7) is 10.3. The standard InChI is InChI=1S/C18H24ClN3O2/c1-11(15-7-16(19)9-21-8-15)5-12(2)18(10-24-17(20)22-18)13(3)6-14(4)23/h5,7-9,13-14,23H,2,6,10H2,1,3-4H3,(H2,20,22)/b11-5+/t13-,14+,18+/m0/s1. The van der Waals surface area contributed by atoms with Crippen LogP contribution in [0.2, 0.25) is 5.02 Å². The van der Waals surface area contributed by atoms with Gasteiger partial charge in [0.25, 0.3) is 6.02 Å². The van der Waals surface area contributed by atoms with Gasteiger partial charge in [0.05, 0.1) is 11.1 Å². The normalized spacial score (nSPS) is 23.4. The molecule has 0 amide bonds. The van der Waals surface area contributed by atoms with Crippen LogP contribution in [0.15, 0.2) is 41.7 Å². The lowest BCUT2D eigenvalue weighted by molar-refractivity contribution is 0.133. The molecule has 0 unspecified atom stereocenters. The molecule has 0 fully saturated rings. The molecule has 0 bridgehead atoms. The second kappa shape index (κ2) is 7.36. The Labute approximate surface area is 147 Å². The Morgan fingerprint density at radius 1 is 1.54 bits per heavy atom. The van der Waals surface area contributed by atoms with E-state index in [1.165, 1.54) is 0 Å². The second-order valence-corrected chi connectivity index (χ2v) is 6.83. The van der Waals surface area contributed by atoms with Crippen molar-refractivity contribution in [2.75, 3.05) is 6.61 Å². The molecule has 1 aliphatic heterocycles. The third kappa shape index (κ3) is 3.97. The number of aliphatic imine (C=N–C) groups is 1. The van der Waals surface area contributed by atoms with Gasteiger partial charge in [-0.25, -0.2) is 4.99 Å². The number of nitrogens with two attached hydrogens (primary N) is 1. The van der Waals surface area contributed by atoms with Crippen LogP contribution < -0.4 is 5.73 Å². The van der Waals surface area contributed by atoms with Gasteiger partial charge in [0.1, 0.15) is 12.1 Å². The van der Waals surface area contributed by atoms with Gasteiger partial charge in [0.15, 0.2) is 0 Å². The molecule has 130 valence electrons. The van der Waals surface area contributed by atoms with Crippen molar-refractivity contribution >= 4 is 23.2 Å². The van der Waals surface area contributed by atoms with Crippen LogP contribution in [-0.2, 0) is 4.74 Å². The molecule has 5 nitrogen and oxygen atoms in total. The number of aromatic nitrogens is 1. The molecule has 0 aromatic carbocycles. The van der Waals surface area contributed by atoms with Crippen molar-refractivity contribution in [3.63, 3.8) is 0 Å². The highest BCUT2D eigenvalue weighted by atomic mass is 35.5. The summed E-state index contributed by atoms with van der Waals surface area (Å²) < 4.78 is 5.42. The van der Waals surface area contributed by atoms with E-state index in [0.29, 0.717) is 18.1 Å². The first kappa shape index (κ1) is 18.5. The Balaban J connectivity index is 2.34. The van der Waals surface area contributed by atoms with Crippen molar-refractivity contribution in [2.45, 2.75) is 38.8 Å². The lowest BCUT2D eigenvalue weighted by atomic mass is 9.77. The molecule has 3 atom stereocenters. The Bertz CT molecular complexity index is 685. The third-order valence-electron chi connectivity index (χ3n) is 4.37.